The Bertz CT molecular complexity index is 1290. The zero-order valence-corrected chi connectivity index (χ0v) is 18.3. The van der Waals surface area contributed by atoms with E-state index < -0.39 is 34.3 Å². The number of ether oxygens (including phenoxy) is 1. The zero-order valence-electron chi connectivity index (χ0n) is 18.3. The van der Waals surface area contributed by atoms with Gasteiger partial charge in [0, 0.05) is 33.8 Å². The summed E-state index contributed by atoms with van der Waals surface area (Å²) in [5.74, 6) is -3.46. The van der Waals surface area contributed by atoms with Crippen LogP contribution < -0.4 is 0 Å². The average Bonchev–Trinajstić information content (AvgIpc) is 3.14. The Morgan fingerprint density at radius 1 is 1.06 bits per heavy atom. The van der Waals surface area contributed by atoms with Crippen LogP contribution in [0.3, 0.4) is 0 Å². The summed E-state index contributed by atoms with van der Waals surface area (Å²) in [6, 6.07) is 8.61. The topological polar surface area (TPSA) is 71.7 Å². The van der Waals surface area contributed by atoms with Gasteiger partial charge in [0.25, 0.3) is 0 Å². The molecule has 1 fully saturated rings. The van der Waals surface area contributed by atoms with Crippen molar-refractivity contribution in [2.75, 3.05) is 6.61 Å². The number of carboxylic acid groups (broad SMARTS) is 1. The average molecular weight is 459 g/mol. The second kappa shape index (κ2) is 7.00. The van der Waals surface area contributed by atoms with Crippen LogP contribution in [0.1, 0.15) is 50.8 Å². The highest BCUT2D eigenvalue weighted by Crippen LogP contribution is 2.56. The summed E-state index contributed by atoms with van der Waals surface area (Å²) in [5.41, 5.74) is -1.55. The van der Waals surface area contributed by atoms with Crippen molar-refractivity contribution < 1.29 is 32.9 Å². The molecule has 2 aromatic carbocycles. The SMILES string of the molecule is CC1(C)CO[C@]2(CC[C@@](F)(C(=O)O)CC2)c2c1n(-c1ccc(F)c(F)c1)c1cccc(O)c12. The lowest BCUT2D eigenvalue weighted by Gasteiger charge is -2.48. The maximum absolute atomic E-state index is 14.9. The summed E-state index contributed by atoms with van der Waals surface area (Å²) in [4.78, 5) is 11.5. The van der Waals surface area contributed by atoms with E-state index in [-0.39, 0.29) is 38.0 Å². The number of phenols is 1. The number of carbonyl (C=O) groups is 1. The molecule has 0 radical (unpaired) electrons. The molecule has 1 aliphatic carbocycles. The molecule has 2 aliphatic rings. The standard InChI is InChI=1S/C25H24F3NO4/c1-23(2)13-33-25(10-8-24(28,9-11-25)22(31)32)20-19-17(4-3-5-18(19)30)29(21(20)23)14-6-7-15(26)16(27)12-14/h3-7,12,30H,8-11,13H2,1-2H3,(H,31,32)/t24-,25-. The first kappa shape index (κ1) is 21.8. The number of aromatic nitrogens is 1. The lowest BCUT2D eigenvalue weighted by Crippen LogP contribution is -2.49. The molecule has 1 spiro atoms. The van der Waals surface area contributed by atoms with Gasteiger partial charge < -0.3 is 19.5 Å². The molecule has 0 atom stereocenters. The summed E-state index contributed by atoms with van der Waals surface area (Å²) >= 11 is 0. The van der Waals surface area contributed by atoms with Gasteiger partial charge in [-0.2, -0.15) is 0 Å². The second-order valence-corrected chi connectivity index (χ2v) is 9.77. The lowest BCUT2D eigenvalue weighted by atomic mass is 9.68. The second-order valence-electron chi connectivity index (χ2n) is 9.77. The minimum absolute atomic E-state index is 0.0129. The number of aromatic hydroxyl groups is 1. The van der Waals surface area contributed by atoms with E-state index in [0.29, 0.717) is 22.2 Å². The van der Waals surface area contributed by atoms with E-state index in [2.05, 4.69) is 0 Å². The van der Waals surface area contributed by atoms with Crippen molar-refractivity contribution in [3.05, 3.63) is 59.3 Å². The smallest absolute Gasteiger partial charge is 0.341 e. The monoisotopic (exact) mass is 459 g/mol. The number of aliphatic carboxylic acids is 1. The fraction of sp³-hybridized carbons (Fsp3) is 0.400. The fourth-order valence-corrected chi connectivity index (χ4v) is 5.42. The van der Waals surface area contributed by atoms with Gasteiger partial charge in [-0.15, -0.1) is 0 Å². The van der Waals surface area contributed by atoms with Crippen LogP contribution in [-0.2, 0) is 20.5 Å². The Hall–Kier alpha value is -3.00. The minimum atomic E-state index is -2.33. The Balaban J connectivity index is 1.82. The summed E-state index contributed by atoms with van der Waals surface area (Å²) in [6.45, 7) is 4.15. The van der Waals surface area contributed by atoms with Crippen molar-refractivity contribution in [1.82, 2.24) is 4.57 Å². The molecule has 1 aromatic heterocycles. The van der Waals surface area contributed by atoms with Gasteiger partial charge in [-0.05, 0) is 49.9 Å². The molecule has 0 bridgehead atoms. The van der Waals surface area contributed by atoms with Crippen LogP contribution in [0.4, 0.5) is 13.2 Å². The number of phenolic OH excluding ortho intramolecular Hbond substituents is 1. The zero-order chi connectivity index (χ0) is 23.8. The van der Waals surface area contributed by atoms with E-state index in [9.17, 15) is 28.2 Å². The maximum atomic E-state index is 14.9. The van der Waals surface area contributed by atoms with Crippen molar-refractivity contribution in [3.8, 4) is 11.4 Å². The van der Waals surface area contributed by atoms with Gasteiger partial charge in [0.15, 0.2) is 11.6 Å². The van der Waals surface area contributed by atoms with Crippen LogP contribution >= 0.6 is 0 Å². The van der Waals surface area contributed by atoms with Crippen molar-refractivity contribution in [3.63, 3.8) is 0 Å². The number of alkyl halides is 1. The van der Waals surface area contributed by atoms with E-state index in [1.807, 2.05) is 13.8 Å². The number of benzene rings is 2. The summed E-state index contributed by atoms with van der Waals surface area (Å²) in [7, 11) is 0. The van der Waals surface area contributed by atoms with Gasteiger partial charge >= 0.3 is 5.97 Å². The molecule has 8 heteroatoms. The van der Waals surface area contributed by atoms with E-state index in [1.54, 1.807) is 16.7 Å². The molecular weight excluding hydrogens is 435 g/mol. The van der Waals surface area contributed by atoms with Gasteiger partial charge in [-0.25, -0.2) is 18.0 Å². The Morgan fingerprint density at radius 3 is 2.39 bits per heavy atom. The number of rotatable bonds is 2. The quantitative estimate of drug-likeness (QED) is 0.532. The third-order valence-electron chi connectivity index (χ3n) is 7.17. The van der Waals surface area contributed by atoms with E-state index in [0.717, 1.165) is 17.8 Å². The van der Waals surface area contributed by atoms with Crippen LogP contribution in [0.2, 0.25) is 0 Å². The van der Waals surface area contributed by atoms with Crippen molar-refractivity contribution >= 4 is 16.9 Å². The van der Waals surface area contributed by atoms with Crippen LogP contribution in [0, 0.1) is 11.6 Å². The molecule has 3 aromatic rings. The Morgan fingerprint density at radius 2 is 1.76 bits per heavy atom. The predicted molar refractivity (Wildman–Crippen MR) is 115 cm³/mol. The molecule has 2 heterocycles. The van der Waals surface area contributed by atoms with Gasteiger partial charge in [0.1, 0.15) is 5.75 Å². The summed E-state index contributed by atoms with van der Waals surface area (Å²) < 4.78 is 51.0. The Kier molecular flexibility index (Phi) is 4.63. The predicted octanol–water partition coefficient (Wildman–Crippen LogP) is 5.48. The molecule has 174 valence electrons. The molecule has 33 heavy (non-hydrogen) atoms. The van der Waals surface area contributed by atoms with Crippen molar-refractivity contribution in [2.45, 2.75) is 56.2 Å². The van der Waals surface area contributed by atoms with Crippen LogP contribution in [0.15, 0.2) is 36.4 Å². The third kappa shape index (κ3) is 3.07. The number of carboxylic acids is 1. The van der Waals surface area contributed by atoms with Gasteiger partial charge in [0.2, 0.25) is 5.67 Å². The molecule has 5 nitrogen and oxygen atoms in total. The summed E-state index contributed by atoms with van der Waals surface area (Å²) in [5, 5.41) is 20.7. The van der Waals surface area contributed by atoms with E-state index in [1.165, 1.54) is 12.1 Å². The highest BCUT2D eigenvalue weighted by Gasteiger charge is 2.54. The minimum Gasteiger partial charge on any atom is -0.507 e. The largest absolute Gasteiger partial charge is 0.507 e. The molecule has 0 unspecified atom stereocenters. The number of hydrogen-bond donors (Lipinski definition) is 2. The third-order valence-corrected chi connectivity index (χ3v) is 7.17. The molecule has 0 amide bonds. The number of hydrogen-bond acceptors (Lipinski definition) is 3. The summed E-state index contributed by atoms with van der Waals surface area (Å²) in [6.07, 6.45) is -0.227. The molecule has 1 saturated carbocycles. The number of halogens is 3. The normalized spacial score (nSPS) is 26.5. The highest BCUT2D eigenvalue weighted by molar-refractivity contribution is 5.94. The fourth-order valence-electron chi connectivity index (χ4n) is 5.42. The molecule has 5 rings (SSSR count). The van der Waals surface area contributed by atoms with E-state index >= 15 is 0 Å². The first-order valence-corrected chi connectivity index (χ1v) is 10.9. The van der Waals surface area contributed by atoms with Gasteiger partial charge in [-0.3, -0.25) is 0 Å². The molecule has 1 aliphatic heterocycles. The van der Waals surface area contributed by atoms with Crippen molar-refractivity contribution in [2.24, 2.45) is 0 Å². The van der Waals surface area contributed by atoms with Gasteiger partial charge in [0.05, 0.1) is 17.7 Å². The molecule has 2 N–H and O–H groups in total. The van der Waals surface area contributed by atoms with E-state index in [4.69, 9.17) is 4.74 Å². The maximum Gasteiger partial charge on any atom is 0.341 e. The highest BCUT2D eigenvalue weighted by atomic mass is 19.2. The van der Waals surface area contributed by atoms with Crippen LogP contribution in [-0.4, -0.2) is 33.0 Å². The lowest BCUT2D eigenvalue weighted by molar-refractivity contribution is -0.165. The molecule has 0 saturated heterocycles. The molecular formula is C25H24F3NO4. The first-order valence-electron chi connectivity index (χ1n) is 10.9. The van der Waals surface area contributed by atoms with Gasteiger partial charge in [-0.1, -0.05) is 19.9 Å². The van der Waals surface area contributed by atoms with Crippen LogP contribution in [0.5, 0.6) is 5.75 Å². The van der Waals surface area contributed by atoms with Crippen LogP contribution in [0.25, 0.3) is 16.6 Å². The number of nitrogens with zero attached hydrogens (tertiary/aromatic N) is 1. The Labute approximate surface area is 188 Å². The first-order chi connectivity index (χ1) is 15.5. The number of fused-ring (bicyclic) bond motifs is 4. The van der Waals surface area contributed by atoms with Crippen molar-refractivity contribution in [1.29, 1.82) is 0 Å².